The summed E-state index contributed by atoms with van der Waals surface area (Å²) < 4.78 is 27.7. The van der Waals surface area contributed by atoms with E-state index in [1.54, 1.807) is 7.05 Å². The standard InChI is InChI=1S/C14H11F2N3S/c1-7-6-8-12(17-2)18-13(19-14(8)20-7)11-9(15)4-3-5-10(11)16/h3-6H,1-2H3,(H,17,18,19). The lowest BCUT2D eigenvalue weighted by Crippen LogP contribution is -2.00. The van der Waals surface area contributed by atoms with Gasteiger partial charge in [-0.3, -0.25) is 0 Å². The molecule has 3 rings (SSSR count). The Morgan fingerprint density at radius 1 is 1.15 bits per heavy atom. The smallest absolute Gasteiger partial charge is 0.169 e. The fraction of sp³-hybridized carbons (Fsp3) is 0.143. The number of benzene rings is 1. The van der Waals surface area contributed by atoms with Crippen LogP contribution >= 0.6 is 11.3 Å². The van der Waals surface area contributed by atoms with Crippen molar-refractivity contribution in [1.29, 1.82) is 0 Å². The number of rotatable bonds is 2. The second-order valence-corrected chi connectivity index (χ2v) is 5.55. The Kier molecular flexibility index (Phi) is 3.10. The normalized spacial score (nSPS) is 11.0. The number of halogens is 2. The molecule has 0 aliphatic carbocycles. The van der Waals surface area contributed by atoms with Crippen LogP contribution in [0.2, 0.25) is 0 Å². The summed E-state index contributed by atoms with van der Waals surface area (Å²) in [4.78, 5) is 10.3. The molecule has 0 bridgehead atoms. The minimum atomic E-state index is -0.667. The molecule has 3 nitrogen and oxygen atoms in total. The van der Waals surface area contributed by atoms with Crippen LogP contribution in [0.15, 0.2) is 24.3 Å². The van der Waals surface area contributed by atoms with Gasteiger partial charge in [-0.05, 0) is 25.1 Å². The van der Waals surface area contributed by atoms with Crippen LogP contribution in [0.25, 0.3) is 21.6 Å². The number of aromatic nitrogens is 2. The summed E-state index contributed by atoms with van der Waals surface area (Å²) >= 11 is 1.47. The molecule has 102 valence electrons. The van der Waals surface area contributed by atoms with Gasteiger partial charge in [0.2, 0.25) is 0 Å². The molecule has 0 fully saturated rings. The van der Waals surface area contributed by atoms with Crippen molar-refractivity contribution in [1.82, 2.24) is 9.97 Å². The van der Waals surface area contributed by atoms with Crippen LogP contribution in [-0.4, -0.2) is 17.0 Å². The Morgan fingerprint density at radius 2 is 1.85 bits per heavy atom. The Balaban J connectivity index is 2.32. The predicted octanol–water partition coefficient (Wildman–Crippen LogP) is 3.99. The van der Waals surface area contributed by atoms with E-state index in [1.165, 1.54) is 29.5 Å². The molecule has 2 aromatic heterocycles. The van der Waals surface area contributed by atoms with Gasteiger partial charge in [-0.25, -0.2) is 18.7 Å². The highest BCUT2D eigenvalue weighted by Crippen LogP contribution is 2.32. The lowest BCUT2D eigenvalue weighted by Gasteiger charge is -2.07. The summed E-state index contributed by atoms with van der Waals surface area (Å²) in [6, 6.07) is 5.67. The van der Waals surface area contributed by atoms with Crippen molar-refractivity contribution in [2.45, 2.75) is 6.92 Å². The van der Waals surface area contributed by atoms with Crippen molar-refractivity contribution in [3.63, 3.8) is 0 Å². The van der Waals surface area contributed by atoms with Crippen LogP contribution in [0.4, 0.5) is 14.6 Å². The zero-order valence-electron chi connectivity index (χ0n) is 10.9. The number of fused-ring (bicyclic) bond motifs is 1. The lowest BCUT2D eigenvalue weighted by atomic mass is 10.2. The highest BCUT2D eigenvalue weighted by atomic mass is 32.1. The van der Waals surface area contributed by atoms with Gasteiger partial charge in [0.25, 0.3) is 0 Å². The largest absolute Gasteiger partial charge is 0.372 e. The molecule has 3 aromatic rings. The minimum absolute atomic E-state index is 0.0549. The summed E-state index contributed by atoms with van der Waals surface area (Å²) in [6.45, 7) is 1.95. The molecular weight excluding hydrogens is 280 g/mol. The molecule has 0 spiro atoms. The molecule has 1 aromatic carbocycles. The van der Waals surface area contributed by atoms with Gasteiger partial charge in [0, 0.05) is 11.9 Å². The summed E-state index contributed by atoms with van der Waals surface area (Å²) in [5.41, 5.74) is -0.197. The van der Waals surface area contributed by atoms with Crippen LogP contribution in [0.1, 0.15) is 4.88 Å². The van der Waals surface area contributed by atoms with E-state index < -0.39 is 11.6 Å². The molecule has 1 N–H and O–H groups in total. The molecule has 6 heteroatoms. The molecule has 0 saturated heterocycles. The van der Waals surface area contributed by atoms with E-state index in [9.17, 15) is 8.78 Å². The number of nitrogens with one attached hydrogen (secondary N) is 1. The number of anilines is 1. The van der Waals surface area contributed by atoms with Crippen LogP contribution in [0.5, 0.6) is 0 Å². The SMILES string of the molecule is CNc1nc(-c2c(F)cccc2F)nc2sc(C)cc12. The Hall–Kier alpha value is -2.08. The predicted molar refractivity (Wildman–Crippen MR) is 77.1 cm³/mol. The lowest BCUT2D eigenvalue weighted by molar-refractivity contribution is 0.587. The van der Waals surface area contributed by atoms with E-state index in [-0.39, 0.29) is 11.4 Å². The number of aryl methyl sites for hydroxylation is 1. The number of hydrogen-bond acceptors (Lipinski definition) is 4. The molecule has 0 saturated carbocycles. The van der Waals surface area contributed by atoms with Gasteiger partial charge in [-0.1, -0.05) is 6.07 Å². The quantitative estimate of drug-likeness (QED) is 0.776. The highest BCUT2D eigenvalue weighted by Gasteiger charge is 2.17. The van der Waals surface area contributed by atoms with Gasteiger partial charge >= 0.3 is 0 Å². The molecule has 20 heavy (non-hydrogen) atoms. The first-order valence-electron chi connectivity index (χ1n) is 6.00. The third kappa shape index (κ3) is 2.02. The number of hydrogen-bond donors (Lipinski definition) is 1. The Labute approximate surface area is 118 Å². The van der Waals surface area contributed by atoms with Crippen molar-refractivity contribution in [2.24, 2.45) is 0 Å². The molecule has 0 aliphatic heterocycles. The van der Waals surface area contributed by atoms with Gasteiger partial charge < -0.3 is 5.32 Å². The highest BCUT2D eigenvalue weighted by molar-refractivity contribution is 7.18. The fourth-order valence-electron chi connectivity index (χ4n) is 2.06. The third-order valence-electron chi connectivity index (χ3n) is 2.94. The zero-order valence-corrected chi connectivity index (χ0v) is 11.7. The first-order valence-corrected chi connectivity index (χ1v) is 6.82. The van der Waals surface area contributed by atoms with Crippen molar-refractivity contribution >= 4 is 27.4 Å². The van der Waals surface area contributed by atoms with E-state index in [0.717, 1.165) is 10.3 Å². The first-order chi connectivity index (χ1) is 9.60. The summed E-state index contributed by atoms with van der Waals surface area (Å²) in [6.07, 6.45) is 0. The topological polar surface area (TPSA) is 37.8 Å². The van der Waals surface area contributed by atoms with Gasteiger partial charge in [0.1, 0.15) is 22.3 Å². The Bertz CT molecular complexity index is 778. The van der Waals surface area contributed by atoms with Crippen LogP contribution in [0, 0.1) is 18.6 Å². The van der Waals surface area contributed by atoms with Crippen molar-refractivity contribution < 1.29 is 8.78 Å². The molecule has 0 unspecified atom stereocenters. The summed E-state index contributed by atoms with van der Waals surface area (Å²) in [5, 5.41) is 3.80. The zero-order chi connectivity index (χ0) is 14.3. The summed E-state index contributed by atoms with van der Waals surface area (Å²) in [7, 11) is 1.72. The van der Waals surface area contributed by atoms with Gasteiger partial charge in [0.15, 0.2) is 5.82 Å². The van der Waals surface area contributed by atoms with E-state index in [4.69, 9.17) is 0 Å². The van der Waals surface area contributed by atoms with Crippen molar-refractivity contribution in [3.05, 3.63) is 40.8 Å². The molecular formula is C14H11F2N3S. The second-order valence-electron chi connectivity index (χ2n) is 4.32. The van der Waals surface area contributed by atoms with Gasteiger partial charge in [-0.2, -0.15) is 0 Å². The molecule has 0 aliphatic rings. The monoisotopic (exact) mass is 291 g/mol. The number of thiophene rings is 1. The Morgan fingerprint density at radius 3 is 2.50 bits per heavy atom. The van der Waals surface area contributed by atoms with E-state index in [0.29, 0.717) is 10.6 Å². The minimum Gasteiger partial charge on any atom is -0.372 e. The maximum Gasteiger partial charge on any atom is 0.169 e. The molecule has 0 atom stereocenters. The second kappa shape index (κ2) is 4.79. The first kappa shape index (κ1) is 12.9. The molecule has 0 amide bonds. The maximum absolute atomic E-state index is 13.8. The van der Waals surface area contributed by atoms with Crippen LogP contribution in [0.3, 0.4) is 0 Å². The van der Waals surface area contributed by atoms with Crippen molar-refractivity contribution in [2.75, 3.05) is 12.4 Å². The van der Waals surface area contributed by atoms with Crippen molar-refractivity contribution in [3.8, 4) is 11.4 Å². The average Bonchev–Trinajstić information content (AvgIpc) is 2.77. The van der Waals surface area contributed by atoms with E-state index in [2.05, 4.69) is 15.3 Å². The van der Waals surface area contributed by atoms with Crippen LogP contribution in [-0.2, 0) is 0 Å². The molecule has 0 radical (unpaired) electrons. The fourth-order valence-corrected chi connectivity index (χ4v) is 2.94. The van der Waals surface area contributed by atoms with Gasteiger partial charge in [0.05, 0.1) is 10.9 Å². The molecule has 2 heterocycles. The third-order valence-corrected chi connectivity index (χ3v) is 3.88. The summed E-state index contributed by atoms with van der Waals surface area (Å²) in [5.74, 6) is -0.712. The average molecular weight is 291 g/mol. The van der Waals surface area contributed by atoms with Crippen LogP contribution < -0.4 is 5.32 Å². The van der Waals surface area contributed by atoms with E-state index >= 15 is 0 Å². The maximum atomic E-state index is 13.8. The van der Waals surface area contributed by atoms with E-state index in [1.807, 2.05) is 13.0 Å². The number of nitrogens with zero attached hydrogens (tertiary/aromatic N) is 2. The van der Waals surface area contributed by atoms with Gasteiger partial charge in [-0.15, -0.1) is 11.3 Å².